The summed E-state index contributed by atoms with van der Waals surface area (Å²) in [6.45, 7) is 1.49. The van der Waals surface area contributed by atoms with Crippen molar-refractivity contribution in [1.29, 1.82) is 0 Å². The van der Waals surface area contributed by atoms with Crippen LogP contribution in [0, 0.1) is 18.6 Å². The highest BCUT2D eigenvalue weighted by molar-refractivity contribution is 5.88. The maximum Gasteiger partial charge on any atom is 0.339 e. The van der Waals surface area contributed by atoms with E-state index in [0.717, 1.165) is 24.4 Å². The second-order valence-electron chi connectivity index (χ2n) is 3.66. The standard InChI is InChI=1S/C12H8F2N2O2/c1-6-10(12(17)18)5-15-11(16-6)7-2-8(13)4-9(14)3-7/h2-5H,1H3,(H,17,18). The summed E-state index contributed by atoms with van der Waals surface area (Å²) < 4.78 is 26.1. The van der Waals surface area contributed by atoms with Gasteiger partial charge in [0.1, 0.15) is 11.6 Å². The number of rotatable bonds is 2. The largest absolute Gasteiger partial charge is 0.478 e. The van der Waals surface area contributed by atoms with Gasteiger partial charge in [0, 0.05) is 17.8 Å². The number of benzene rings is 1. The first kappa shape index (κ1) is 12.1. The van der Waals surface area contributed by atoms with Crippen LogP contribution in [0.5, 0.6) is 0 Å². The van der Waals surface area contributed by atoms with Crippen LogP contribution in [-0.4, -0.2) is 21.0 Å². The molecule has 1 N–H and O–H groups in total. The van der Waals surface area contributed by atoms with Gasteiger partial charge in [0.25, 0.3) is 0 Å². The van der Waals surface area contributed by atoms with Gasteiger partial charge in [-0.15, -0.1) is 0 Å². The minimum Gasteiger partial charge on any atom is -0.478 e. The lowest BCUT2D eigenvalue weighted by atomic mass is 10.2. The molecule has 0 fully saturated rings. The summed E-state index contributed by atoms with van der Waals surface area (Å²) in [5, 5.41) is 8.82. The third-order valence-electron chi connectivity index (χ3n) is 2.33. The van der Waals surface area contributed by atoms with Gasteiger partial charge < -0.3 is 5.11 Å². The molecule has 4 nitrogen and oxygen atoms in total. The number of hydrogen-bond acceptors (Lipinski definition) is 3. The highest BCUT2D eigenvalue weighted by atomic mass is 19.1. The maximum absolute atomic E-state index is 13.0. The van der Waals surface area contributed by atoms with Crippen LogP contribution in [0.1, 0.15) is 16.1 Å². The van der Waals surface area contributed by atoms with Crippen molar-refractivity contribution in [3.05, 3.63) is 47.3 Å². The van der Waals surface area contributed by atoms with Gasteiger partial charge in [-0.2, -0.15) is 0 Å². The molecule has 1 aromatic heterocycles. The zero-order valence-corrected chi connectivity index (χ0v) is 9.32. The quantitative estimate of drug-likeness (QED) is 0.889. The first-order chi connectivity index (χ1) is 8.47. The molecule has 1 heterocycles. The van der Waals surface area contributed by atoms with Crippen molar-refractivity contribution in [1.82, 2.24) is 9.97 Å². The monoisotopic (exact) mass is 250 g/mol. The predicted molar refractivity (Wildman–Crippen MR) is 59.1 cm³/mol. The van der Waals surface area contributed by atoms with E-state index in [1.807, 2.05) is 0 Å². The molecule has 0 aliphatic carbocycles. The molecule has 0 spiro atoms. The van der Waals surface area contributed by atoms with Crippen LogP contribution in [0.15, 0.2) is 24.4 Å². The molecule has 1 aromatic carbocycles. The van der Waals surface area contributed by atoms with E-state index < -0.39 is 17.6 Å². The Balaban J connectivity index is 2.52. The minimum absolute atomic E-state index is 0.0457. The molecule has 0 saturated carbocycles. The van der Waals surface area contributed by atoms with Crippen molar-refractivity contribution in [2.45, 2.75) is 6.92 Å². The average Bonchev–Trinajstić information content (AvgIpc) is 2.26. The number of aromatic nitrogens is 2. The van der Waals surface area contributed by atoms with E-state index in [2.05, 4.69) is 9.97 Å². The lowest BCUT2D eigenvalue weighted by molar-refractivity contribution is 0.0695. The number of aromatic carboxylic acids is 1. The summed E-state index contributed by atoms with van der Waals surface area (Å²) in [6.07, 6.45) is 1.11. The Hall–Kier alpha value is -2.37. The molecule has 0 amide bonds. The van der Waals surface area contributed by atoms with E-state index in [1.165, 1.54) is 6.92 Å². The highest BCUT2D eigenvalue weighted by Gasteiger charge is 2.12. The fraction of sp³-hybridized carbons (Fsp3) is 0.0833. The number of halogens is 2. The molecule has 0 radical (unpaired) electrons. The van der Waals surface area contributed by atoms with Gasteiger partial charge in [-0.05, 0) is 19.1 Å². The molecule has 6 heteroatoms. The van der Waals surface area contributed by atoms with E-state index in [4.69, 9.17) is 5.11 Å². The van der Waals surface area contributed by atoms with Crippen molar-refractivity contribution < 1.29 is 18.7 Å². The van der Waals surface area contributed by atoms with E-state index in [1.54, 1.807) is 0 Å². The molecular weight excluding hydrogens is 242 g/mol. The fourth-order valence-corrected chi connectivity index (χ4v) is 1.50. The first-order valence-corrected chi connectivity index (χ1v) is 5.01. The molecule has 0 unspecified atom stereocenters. The van der Waals surface area contributed by atoms with Crippen molar-refractivity contribution in [2.24, 2.45) is 0 Å². The van der Waals surface area contributed by atoms with E-state index in [-0.39, 0.29) is 22.6 Å². The summed E-state index contributed by atoms with van der Waals surface area (Å²) in [6, 6.07) is 2.90. The fourth-order valence-electron chi connectivity index (χ4n) is 1.50. The van der Waals surface area contributed by atoms with Crippen LogP contribution in [0.4, 0.5) is 8.78 Å². The van der Waals surface area contributed by atoms with Crippen molar-refractivity contribution >= 4 is 5.97 Å². The Morgan fingerprint density at radius 2 is 1.83 bits per heavy atom. The summed E-state index contributed by atoms with van der Waals surface area (Å²) >= 11 is 0. The third kappa shape index (κ3) is 2.32. The second kappa shape index (κ2) is 4.48. The third-order valence-corrected chi connectivity index (χ3v) is 2.33. The molecule has 92 valence electrons. The molecule has 18 heavy (non-hydrogen) atoms. The van der Waals surface area contributed by atoms with Gasteiger partial charge in [0.2, 0.25) is 0 Å². The van der Waals surface area contributed by atoms with Crippen LogP contribution >= 0.6 is 0 Å². The van der Waals surface area contributed by atoms with Crippen LogP contribution in [0.3, 0.4) is 0 Å². The van der Waals surface area contributed by atoms with Gasteiger partial charge in [0.05, 0.1) is 11.3 Å². The molecule has 2 aromatic rings. The number of carboxylic acids is 1. The van der Waals surface area contributed by atoms with Crippen LogP contribution in [-0.2, 0) is 0 Å². The van der Waals surface area contributed by atoms with Gasteiger partial charge in [-0.3, -0.25) is 0 Å². The number of carboxylic acid groups (broad SMARTS) is 1. The van der Waals surface area contributed by atoms with Gasteiger partial charge in [0.15, 0.2) is 5.82 Å². The number of nitrogens with zero attached hydrogens (tertiary/aromatic N) is 2. The Bertz CT molecular complexity index is 609. The van der Waals surface area contributed by atoms with E-state index in [0.29, 0.717) is 0 Å². The number of hydrogen-bond donors (Lipinski definition) is 1. The Morgan fingerprint density at radius 3 is 2.33 bits per heavy atom. The van der Waals surface area contributed by atoms with Crippen LogP contribution in [0.2, 0.25) is 0 Å². The Kier molecular flexibility index (Phi) is 3.01. The van der Waals surface area contributed by atoms with E-state index >= 15 is 0 Å². The zero-order chi connectivity index (χ0) is 13.3. The summed E-state index contributed by atoms with van der Waals surface area (Å²) in [5.41, 5.74) is 0.348. The first-order valence-electron chi connectivity index (χ1n) is 5.01. The highest BCUT2D eigenvalue weighted by Crippen LogP contribution is 2.19. The Morgan fingerprint density at radius 1 is 1.22 bits per heavy atom. The lowest BCUT2D eigenvalue weighted by Crippen LogP contribution is -2.04. The second-order valence-corrected chi connectivity index (χ2v) is 3.66. The average molecular weight is 250 g/mol. The number of aryl methyl sites for hydroxylation is 1. The number of carbonyl (C=O) groups is 1. The summed E-state index contributed by atoms with van der Waals surface area (Å²) in [4.78, 5) is 18.5. The zero-order valence-electron chi connectivity index (χ0n) is 9.32. The topological polar surface area (TPSA) is 63.1 Å². The van der Waals surface area contributed by atoms with Gasteiger partial charge in [-0.25, -0.2) is 23.5 Å². The van der Waals surface area contributed by atoms with Crippen molar-refractivity contribution in [3.63, 3.8) is 0 Å². The van der Waals surface area contributed by atoms with E-state index in [9.17, 15) is 13.6 Å². The van der Waals surface area contributed by atoms with Crippen molar-refractivity contribution in [3.8, 4) is 11.4 Å². The molecule has 0 atom stereocenters. The normalized spacial score (nSPS) is 10.4. The lowest BCUT2D eigenvalue weighted by Gasteiger charge is -2.04. The minimum atomic E-state index is -1.15. The van der Waals surface area contributed by atoms with Gasteiger partial charge >= 0.3 is 5.97 Å². The molecule has 0 aliphatic heterocycles. The molecule has 0 saturated heterocycles. The predicted octanol–water partition coefficient (Wildman–Crippen LogP) is 2.43. The smallest absolute Gasteiger partial charge is 0.339 e. The SMILES string of the molecule is Cc1nc(-c2cc(F)cc(F)c2)ncc1C(=O)O. The molecule has 0 bridgehead atoms. The van der Waals surface area contributed by atoms with Gasteiger partial charge in [-0.1, -0.05) is 0 Å². The molecule has 0 aliphatic rings. The summed E-state index contributed by atoms with van der Waals surface area (Å²) in [5.74, 6) is -2.55. The van der Waals surface area contributed by atoms with Crippen molar-refractivity contribution in [2.75, 3.05) is 0 Å². The van der Waals surface area contributed by atoms with Crippen LogP contribution < -0.4 is 0 Å². The summed E-state index contributed by atoms with van der Waals surface area (Å²) in [7, 11) is 0. The van der Waals surface area contributed by atoms with Crippen LogP contribution in [0.25, 0.3) is 11.4 Å². The Labute approximate surface area is 101 Å². The molecular formula is C12H8F2N2O2. The molecule has 2 rings (SSSR count). The maximum atomic E-state index is 13.0.